The molecular formula is C16H21Cl2F2N3O2. The number of hydrogen-bond acceptors (Lipinski definition) is 4. The van der Waals surface area contributed by atoms with Crippen molar-refractivity contribution in [3.63, 3.8) is 0 Å². The lowest BCUT2D eigenvalue weighted by Gasteiger charge is -2.14. The van der Waals surface area contributed by atoms with Gasteiger partial charge < -0.3 is 15.5 Å². The summed E-state index contributed by atoms with van der Waals surface area (Å²) in [6.07, 6.45) is 1.85. The average molecular weight is 396 g/mol. The molecule has 3 N–H and O–H groups in total. The van der Waals surface area contributed by atoms with Gasteiger partial charge in [0.25, 0.3) is 5.92 Å². The molecule has 2 rings (SSSR count). The number of hydrogen-bond donors (Lipinski definition) is 2. The number of oxazole rings is 1. The Labute approximate surface area is 157 Å². The maximum absolute atomic E-state index is 12.9. The minimum absolute atomic E-state index is 0. The molecule has 1 aromatic heterocycles. The fraction of sp³-hybridized carbons (Fsp3) is 0.375. The maximum Gasteiger partial charge on any atom is 0.277 e. The average Bonchev–Trinajstić information content (AvgIpc) is 3.01. The molecule has 1 aromatic carbocycles. The van der Waals surface area contributed by atoms with Crippen molar-refractivity contribution < 1.29 is 18.0 Å². The summed E-state index contributed by atoms with van der Waals surface area (Å²) in [6, 6.07) is 7.76. The second-order valence-corrected chi connectivity index (χ2v) is 5.32. The number of nitrogens with two attached hydrogens (primary N) is 1. The summed E-state index contributed by atoms with van der Waals surface area (Å²) < 4.78 is 31.4. The molecule has 0 aliphatic rings. The molecule has 140 valence electrons. The first-order valence-electron chi connectivity index (χ1n) is 7.26. The molecule has 25 heavy (non-hydrogen) atoms. The number of alkyl halides is 2. The molecule has 0 radical (unpaired) electrons. The van der Waals surface area contributed by atoms with Crippen molar-refractivity contribution in [2.45, 2.75) is 25.7 Å². The number of carbonyl (C=O) groups excluding carboxylic acids is 1. The van der Waals surface area contributed by atoms with Gasteiger partial charge in [-0.2, -0.15) is 0 Å². The van der Waals surface area contributed by atoms with Crippen molar-refractivity contribution in [1.29, 1.82) is 0 Å². The van der Waals surface area contributed by atoms with E-state index in [1.165, 1.54) is 0 Å². The van der Waals surface area contributed by atoms with Crippen LogP contribution in [0.2, 0.25) is 0 Å². The van der Waals surface area contributed by atoms with Gasteiger partial charge in [0.1, 0.15) is 0 Å². The van der Waals surface area contributed by atoms with Gasteiger partial charge >= 0.3 is 0 Å². The molecule has 0 aliphatic carbocycles. The monoisotopic (exact) mass is 395 g/mol. The Morgan fingerprint density at radius 3 is 2.52 bits per heavy atom. The van der Waals surface area contributed by atoms with E-state index >= 15 is 0 Å². The largest absolute Gasteiger partial charge is 0.441 e. The fourth-order valence-electron chi connectivity index (χ4n) is 1.89. The standard InChI is InChI=1S/C16H19F2N3O2.2ClH/c1-11-2-4-12(5-3-11)13-8-20-15(23-13)7-6-14(22)21-10-16(17,18)9-19;;/h2-5,8H,6-7,9-10,19H2,1H3,(H,21,22);2*1H. The minimum atomic E-state index is -3.09. The van der Waals surface area contributed by atoms with Crippen LogP contribution in [0, 0.1) is 6.92 Å². The Hall–Kier alpha value is -1.70. The molecule has 0 spiro atoms. The van der Waals surface area contributed by atoms with Gasteiger partial charge in [-0.25, -0.2) is 13.8 Å². The zero-order chi connectivity index (χ0) is 16.9. The minimum Gasteiger partial charge on any atom is -0.441 e. The van der Waals surface area contributed by atoms with Crippen LogP contribution >= 0.6 is 24.8 Å². The van der Waals surface area contributed by atoms with Gasteiger partial charge in [-0.3, -0.25) is 4.79 Å². The predicted octanol–water partition coefficient (Wildman–Crippen LogP) is 3.14. The normalized spacial score (nSPS) is 10.6. The number of carbonyl (C=O) groups is 1. The second kappa shape index (κ2) is 10.3. The molecule has 1 amide bonds. The summed E-state index contributed by atoms with van der Waals surface area (Å²) in [7, 11) is 0. The van der Waals surface area contributed by atoms with Gasteiger partial charge in [-0.05, 0) is 6.92 Å². The molecule has 0 saturated carbocycles. The summed E-state index contributed by atoms with van der Waals surface area (Å²) in [4.78, 5) is 15.6. The van der Waals surface area contributed by atoms with Gasteiger partial charge in [0.05, 0.1) is 19.3 Å². The topological polar surface area (TPSA) is 81.2 Å². The molecule has 2 aromatic rings. The lowest BCUT2D eigenvalue weighted by molar-refractivity contribution is -0.122. The summed E-state index contributed by atoms with van der Waals surface area (Å²) in [5.74, 6) is -2.58. The molecule has 0 aliphatic heterocycles. The number of aryl methyl sites for hydroxylation is 2. The van der Waals surface area contributed by atoms with Crippen molar-refractivity contribution in [2.75, 3.05) is 13.1 Å². The molecule has 9 heteroatoms. The van der Waals surface area contributed by atoms with Crippen LogP contribution in [0.1, 0.15) is 17.9 Å². The molecule has 1 heterocycles. The van der Waals surface area contributed by atoms with Gasteiger partial charge in [0.15, 0.2) is 11.7 Å². The van der Waals surface area contributed by atoms with Crippen LogP contribution in [0.5, 0.6) is 0 Å². The van der Waals surface area contributed by atoms with Gasteiger partial charge in [0, 0.05) is 18.4 Å². The maximum atomic E-state index is 12.9. The Balaban J connectivity index is 0.00000288. The van der Waals surface area contributed by atoms with Crippen molar-refractivity contribution in [3.05, 3.63) is 41.9 Å². The van der Waals surface area contributed by atoms with E-state index in [0.717, 1.165) is 11.1 Å². The van der Waals surface area contributed by atoms with E-state index in [4.69, 9.17) is 10.2 Å². The number of halogens is 4. The first-order valence-corrected chi connectivity index (χ1v) is 7.26. The number of amides is 1. The number of aromatic nitrogens is 1. The van der Waals surface area contributed by atoms with E-state index in [1.807, 2.05) is 31.2 Å². The van der Waals surface area contributed by atoms with Crippen LogP contribution in [-0.4, -0.2) is 29.9 Å². The number of benzene rings is 1. The fourth-order valence-corrected chi connectivity index (χ4v) is 1.89. The van der Waals surface area contributed by atoms with Gasteiger partial charge in [-0.1, -0.05) is 29.8 Å². The van der Waals surface area contributed by atoms with E-state index in [-0.39, 0.29) is 37.7 Å². The molecule has 0 unspecified atom stereocenters. The van der Waals surface area contributed by atoms with E-state index in [1.54, 1.807) is 6.20 Å². The zero-order valence-electron chi connectivity index (χ0n) is 13.6. The Morgan fingerprint density at radius 2 is 1.92 bits per heavy atom. The summed E-state index contributed by atoms with van der Waals surface area (Å²) in [5.41, 5.74) is 6.93. The molecule has 0 saturated heterocycles. The van der Waals surface area contributed by atoms with Crippen LogP contribution in [0.4, 0.5) is 8.78 Å². The van der Waals surface area contributed by atoms with Crippen LogP contribution in [0.3, 0.4) is 0 Å². The highest BCUT2D eigenvalue weighted by atomic mass is 35.5. The summed E-state index contributed by atoms with van der Waals surface area (Å²) >= 11 is 0. The molecule has 0 fully saturated rings. The van der Waals surface area contributed by atoms with E-state index in [0.29, 0.717) is 11.7 Å². The zero-order valence-corrected chi connectivity index (χ0v) is 15.3. The number of nitrogens with zero attached hydrogens (tertiary/aromatic N) is 1. The molecule has 0 atom stereocenters. The number of nitrogens with one attached hydrogen (secondary N) is 1. The Bertz CT molecular complexity index is 664. The third-order valence-electron chi connectivity index (χ3n) is 3.30. The predicted molar refractivity (Wildman–Crippen MR) is 96.5 cm³/mol. The highest BCUT2D eigenvalue weighted by Gasteiger charge is 2.27. The Morgan fingerprint density at radius 1 is 1.28 bits per heavy atom. The quantitative estimate of drug-likeness (QED) is 0.754. The molecular weight excluding hydrogens is 375 g/mol. The SMILES string of the molecule is Cc1ccc(-c2cnc(CCC(=O)NCC(F)(F)CN)o2)cc1.Cl.Cl. The van der Waals surface area contributed by atoms with Crippen LogP contribution in [-0.2, 0) is 11.2 Å². The smallest absolute Gasteiger partial charge is 0.277 e. The van der Waals surface area contributed by atoms with Crippen LogP contribution < -0.4 is 11.1 Å². The Kier molecular flexibility index (Phi) is 9.62. The van der Waals surface area contributed by atoms with Crippen LogP contribution in [0.15, 0.2) is 34.9 Å². The summed E-state index contributed by atoms with van der Waals surface area (Å²) in [6.45, 7) is 0.428. The van der Waals surface area contributed by atoms with E-state index < -0.39 is 24.9 Å². The highest BCUT2D eigenvalue weighted by molar-refractivity contribution is 5.85. The lowest BCUT2D eigenvalue weighted by atomic mass is 10.1. The van der Waals surface area contributed by atoms with Gasteiger partial charge in [0.2, 0.25) is 5.91 Å². The second-order valence-electron chi connectivity index (χ2n) is 5.32. The summed E-state index contributed by atoms with van der Waals surface area (Å²) in [5, 5.41) is 2.15. The van der Waals surface area contributed by atoms with Gasteiger partial charge in [-0.15, -0.1) is 24.8 Å². The third-order valence-corrected chi connectivity index (χ3v) is 3.30. The highest BCUT2D eigenvalue weighted by Crippen LogP contribution is 2.21. The van der Waals surface area contributed by atoms with Crippen LogP contribution in [0.25, 0.3) is 11.3 Å². The first kappa shape index (κ1) is 23.3. The molecule has 0 bridgehead atoms. The lowest BCUT2D eigenvalue weighted by Crippen LogP contribution is -2.41. The van der Waals surface area contributed by atoms with Crippen molar-refractivity contribution in [1.82, 2.24) is 10.3 Å². The molecule has 5 nitrogen and oxygen atoms in total. The first-order chi connectivity index (χ1) is 10.9. The van der Waals surface area contributed by atoms with Crippen molar-refractivity contribution >= 4 is 30.7 Å². The van der Waals surface area contributed by atoms with E-state index in [2.05, 4.69) is 10.3 Å². The third kappa shape index (κ3) is 7.37. The van der Waals surface area contributed by atoms with Crippen molar-refractivity contribution in [3.8, 4) is 11.3 Å². The van der Waals surface area contributed by atoms with E-state index in [9.17, 15) is 13.6 Å². The number of rotatable bonds is 7. The van der Waals surface area contributed by atoms with Crippen molar-refractivity contribution in [2.24, 2.45) is 5.73 Å².